The second kappa shape index (κ2) is 6.67. The van der Waals surface area contributed by atoms with Crippen LogP contribution in [0.25, 0.3) is 6.08 Å². The van der Waals surface area contributed by atoms with Crippen molar-refractivity contribution < 1.29 is 24.5 Å². The van der Waals surface area contributed by atoms with Gasteiger partial charge in [0, 0.05) is 6.07 Å². The zero-order valence-electron chi connectivity index (χ0n) is 12.2. The Hall–Kier alpha value is -2.95. The molecule has 2 rings (SSSR count). The maximum absolute atomic E-state index is 12.3. The van der Waals surface area contributed by atoms with Crippen LogP contribution >= 0.6 is 0 Å². The highest BCUT2D eigenvalue weighted by Gasteiger charge is 2.22. The molecule has 5 heteroatoms. The van der Waals surface area contributed by atoms with Gasteiger partial charge in [0.25, 0.3) is 0 Å². The second-order valence-electron chi connectivity index (χ2n) is 4.46. The molecule has 0 fully saturated rings. The van der Waals surface area contributed by atoms with Crippen LogP contribution in [-0.2, 0) is 0 Å². The summed E-state index contributed by atoms with van der Waals surface area (Å²) in [6.07, 6.45) is 2.95. The topological polar surface area (TPSA) is 76.0 Å². The Labute approximate surface area is 128 Å². The predicted molar refractivity (Wildman–Crippen MR) is 82.7 cm³/mol. The van der Waals surface area contributed by atoms with Crippen LogP contribution in [0.5, 0.6) is 23.0 Å². The fourth-order valence-electron chi connectivity index (χ4n) is 2.03. The van der Waals surface area contributed by atoms with Gasteiger partial charge < -0.3 is 19.7 Å². The smallest absolute Gasteiger partial charge is 0.203 e. The number of methoxy groups -OCH3 is 2. The molecule has 0 aromatic heterocycles. The molecule has 5 nitrogen and oxygen atoms in total. The molecule has 0 saturated carbocycles. The molecule has 0 atom stereocenters. The fraction of sp³-hybridized carbons (Fsp3) is 0.118. The normalized spacial score (nSPS) is 10.6. The van der Waals surface area contributed by atoms with Gasteiger partial charge in [0.05, 0.1) is 14.2 Å². The van der Waals surface area contributed by atoms with Crippen molar-refractivity contribution in [3.63, 3.8) is 0 Å². The van der Waals surface area contributed by atoms with E-state index in [1.54, 1.807) is 6.08 Å². The van der Waals surface area contributed by atoms with Crippen molar-refractivity contribution in [1.29, 1.82) is 0 Å². The van der Waals surface area contributed by atoms with Gasteiger partial charge in [-0.05, 0) is 11.6 Å². The van der Waals surface area contributed by atoms with E-state index in [2.05, 4.69) is 0 Å². The van der Waals surface area contributed by atoms with Gasteiger partial charge in [-0.1, -0.05) is 36.4 Å². The number of hydrogen-bond donors (Lipinski definition) is 2. The van der Waals surface area contributed by atoms with Gasteiger partial charge in [0.15, 0.2) is 17.3 Å². The Balaban J connectivity index is 2.43. The van der Waals surface area contributed by atoms with Gasteiger partial charge >= 0.3 is 0 Å². The average molecular weight is 300 g/mol. The summed E-state index contributed by atoms with van der Waals surface area (Å²) in [5, 5.41) is 19.9. The molecule has 2 aromatic rings. The molecule has 0 unspecified atom stereocenters. The van der Waals surface area contributed by atoms with Crippen LogP contribution in [0.4, 0.5) is 0 Å². The van der Waals surface area contributed by atoms with E-state index in [-0.39, 0.29) is 22.8 Å². The number of phenolic OH excluding ortho intramolecular Hbond substituents is 2. The number of phenols is 2. The van der Waals surface area contributed by atoms with E-state index in [0.29, 0.717) is 0 Å². The molecule has 0 aliphatic rings. The Morgan fingerprint density at radius 1 is 1.09 bits per heavy atom. The Kier molecular flexibility index (Phi) is 4.68. The summed E-state index contributed by atoms with van der Waals surface area (Å²) >= 11 is 0. The third-order valence-corrected chi connectivity index (χ3v) is 3.10. The molecular formula is C17H16O5. The van der Waals surface area contributed by atoms with E-state index in [4.69, 9.17) is 9.47 Å². The van der Waals surface area contributed by atoms with E-state index in [0.717, 1.165) is 5.56 Å². The molecule has 0 bridgehead atoms. The molecule has 0 heterocycles. The largest absolute Gasteiger partial charge is 0.504 e. The van der Waals surface area contributed by atoms with E-state index in [1.807, 2.05) is 30.3 Å². The standard InChI is InChI=1S/C17H16O5/c1-21-14-10-13(19)17(22-2)16(20)15(14)12(18)9-8-11-6-4-3-5-7-11/h3-10,19-20H,1-2H3/b9-8-. The van der Waals surface area contributed by atoms with Crippen LogP contribution in [0.3, 0.4) is 0 Å². The molecule has 2 aromatic carbocycles. The molecular weight excluding hydrogens is 284 g/mol. The molecule has 0 spiro atoms. The second-order valence-corrected chi connectivity index (χ2v) is 4.46. The molecule has 114 valence electrons. The van der Waals surface area contributed by atoms with Crippen LogP contribution in [-0.4, -0.2) is 30.2 Å². The maximum Gasteiger partial charge on any atom is 0.203 e. The lowest BCUT2D eigenvalue weighted by atomic mass is 10.1. The summed E-state index contributed by atoms with van der Waals surface area (Å²) in [6, 6.07) is 10.5. The van der Waals surface area contributed by atoms with Gasteiger partial charge in [-0.3, -0.25) is 4.79 Å². The minimum absolute atomic E-state index is 0.0654. The lowest BCUT2D eigenvalue weighted by molar-refractivity contribution is 0.104. The first-order valence-electron chi connectivity index (χ1n) is 6.52. The van der Waals surface area contributed by atoms with Crippen LogP contribution in [0, 0.1) is 0 Å². The first-order valence-corrected chi connectivity index (χ1v) is 6.52. The third kappa shape index (κ3) is 3.03. The summed E-state index contributed by atoms with van der Waals surface area (Å²) in [4.78, 5) is 12.3. The minimum Gasteiger partial charge on any atom is -0.504 e. The number of ether oxygens (including phenoxy) is 2. The van der Waals surface area contributed by atoms with E-state index >= 15 is 0 Å². The van der Waals surface area contributed by atoms with Gasteiger partial charge in [-0.15, -0.1) is 0 Å². The molecule has 0 radical (unpaired) electrons. The van der Waals surface area contributed by atoms with Gasteiger partial charge in [0.1, 0.15) is 11.3 Å². The number of rotatable bonds is 5. The highest BCUT2D eigenvalue weighted by molar-refractivity contribution is 6.11. The summed E-state index contributed by atoms with van der Waals surface area (Å²) in [6.45, 7) is 0. The molecule has 2 N–H and O–H groups in total. The quantitative estimate of drug-likeness (QED) is 0.655. The van der Waals surface area contributed by atoms with E-state index < -0.39 is 11.5 Å². The Bertz CT molecular complexity index is 705. The Morgan fingerprint density at radius 2 is 1.77 bits per heavy atom. The molecule has 0 saturated heterocycles. The average Bonchev–Trinajstić information content (AvgIpc) is 2.53. The highest BCUT2D eigenvalue weighted by atomic mass is 16.5. The first kappa shape index (κ1) is 15.4. The van der Waals surface area contributed by atoms with Crippen LogP contribution in [0.1, 0.15) is 15.9 Å². The van der Waals surface area contributed by atoms with Crippen molar-refractivity contribution in [2.45, 2.75) is 0 Å². The summed E-state index contributed by atoms with van der Waals surface area (Å²) < 4.78 is 9.95. The number of carbonyl (C=O) groups is 1. The third-order valence-electron chi connectivity index (χ3n) is 3.10. The van der Waals surface area contributed by atoms with Crippen molar-refractivity contribution in [1.82, 2.24) is 0 Å². The zero-order chi connectivity index (χ0) is 16.1. The lowest BCUT2D eigenvalue weighted by Gasteiger charge is -2.13. The molecule has 0 aliphatic heterocycles. The number of hydrogen-bond acceptors (Lipinski definition) is 5. The monoisotopic (exact) mass is 300 g/mol. The van der Waals surface area contributed by atoms with Crippen LogP contribution in [0.2, 0.25) is 0 Å². The number of carbonyl (C=O) groups excluding carboxylic acids is 1. The van der Waals surface area contributed by atoms with Crippen LogP contribution in [0.15, 0.2) is 42.5 Å². The van der Waals surface area contributed by atoms with Crippen molar-refractivity contribution in [3.05, 3.63) is 53.6 Å². The summed E-state index contributed by atoms with van der Waals surface area (Å²) in [5.41, 5.74) is 0.782. The molecule has 22 heavy (non-hydrogen) atoms. The zero-order valence-corrected chi connectivity index (χ0v) is 12.2. The number of benzene rings is 2. The maximum atomic E-state index is 12.3. The van der Waals surface area contributed by atoms with Crippen molar-refractivity contribution in [3.8, 4) is 23.0 Å². The SMILES string of the molecule is COc1cc(O)c(OC)c(O)c1C(=O)/C=C\c1ccccc1. The fourth-order valence-corrected chi connectivity index (χ4v) is 2.03. The predicted octanol–water partition coefficient (Wildman–Crippen LogP) is 3.01. The van der Waals surface area contributed by atoms with Gasteiger partial charge in [-0.2, -0.15) is 0 Å². The van der Waals surface area contributed by atoms with Crippen molar-refractivity contribution >= 4 is 11.9 Å². The molecule has 0 aliphatic carbocycles. The molecule has 0 amide bonds. The van der Waals surface area contributed by atoms with Crippen molar-refractivity contribution in [2.24, 2.45) is 0 Å². The van der Waals surface area contributed by atoms with Gasteiger partial charge in [-0.25, -0.2) is 0 Å². The van der Waals surface area contributed by atoms with E-state index in [9.17, 15) is 15.0 Å². The summed E-state index contributed by atoms with van der Waals surface area (Å²) in [7, 11) is 2.63. The number of allylic oxidation sites excluding steroid dienone is 1. The van der Waals surface area contributed by atoms with Gasteiger partial charge in [0.2, 0.25) is 5.75 Å². The number of ketones is 1. The number of aromatic hydroxyl groups is 2. The van der Waals surface area contributed by atoms with Crippen LogP contribution < -0.4 is 9.47 Å². The first-order chi connectivity index (χ1) is 10.6. The summed E-state index contributed by atoms with van der Waals surface area (Å²) in [5.74, 6) is -1.32. The highest BCUT2D eigenvalue weighted by Crippen LogP contribution is 2.44. The lowest BCUT2D eigenvalue weighted by Crippen LogP contribution is -2.01. The Morgan fingerprint density at radius 3 is 2.36 bits per heavy atom. The minimum atomic E-state index is -0.462. The van der Waals surface area contributed by atoms with E-state index in [1.165, 1.54) is 26.4 Å². The van der Waals surface area contributed by atoms with Crippen molar-refractivity contribution in [2.75, 3.05) is 14.2 Å².